The summed E-state index contributed by atoms with van der Waals surface area (Å²) in [5.41, 5.74) is 3.59. The summed E-state index contributed by atoms with van der Waals surface area (Å²) in [6.07, 6.45) is 1.08. The number of hydrogen-bond acceptors (Lipinski definition) is 5. The van der Waals surface area contributed by atoms with Crippen molar-refractivity contribution in [2.24, 2.45) is 0 Å². The Labute approximate surface area is 207 Å². The molecular weight excluding hydrogens is 486 g/mol. The fourth-order valence-corrected chi connectivity index (χ4v) is 5.40. The summed E-state index contributed by atoms with van der Waals surface area (Å²) in [6, 6.07) is 18.2. The minimum atomic E-state index is -4.05. The summed E-state index contributed by atoms with van der Waals surface area (Å²) in [4.78, 5) is 13.1. The van der Waals surface area contributed by atoms with Gasteiger partial charge in [-0.2, -0.15) is 0 Å². The number of nitrogens with zero attached hydrogens (tertiary/aromatic N) is 2. The lowest BCUT2D eigenvalue weighted by Crippen LogP contribution is -2.38. The summed E-state index contributed by atoms with van der Waals surface area (Å²) in [7, 11) is -6.13. The van der Waals surface area contributed by atoms with Crippen LogP contribution in [0.3, 0.4) is 0 Å². The van der Waals surface area contributed by atoms with Crippen molar-refractivity contribution in [3.8, 4) is 0 Å². The average Bonchev–Trinajstić information content (AvgIpc) is 2.78. The second-order valence-corrected chi connectivity index (χ2v) is 12.3. The zero-order valence-electron chi connectivity index (χ0n) is 20.3. The second-order valence-electron chi connectivity index (χ2n) is 8.44. The quantitative estimate of drug-likeness (QED) is 0.491. The van der Waals surface area contributed by atoms with Gasteiger partial charge in [-0.3, -0.25) is 13.4 Å². The Kier molecular flexibility index (Phi) is 7.56. The van der Waals surface area contributed by atoms with Crippen molar-refractivity contribution in [1.82, 2.24) is 0 Å². The number of amides is 1. The molecule has 0 aliphatic rings. The fourth-order valence-electron chi connectivity index (χ4n) is 3.43. The van der Waals surface area contributed by atoms with Crippen LogP contribution in [0.1, 0.15) is 16.7 Å². The van der Waals surface area contributed by atoms with E-state index in [1.807, 2.05) is 26.0 Å². The molecule has 0 aliphatic heterocycles. The summed E-state index contributed by atoms with van der Waals surface area (Å²) >= 11 is 0. The molecule has 186 valence electrons. The number of aryl methyl sites for hydroxylation is 3. The predicted octanol–water partition coefficient (Wildman–Crippen LogP) is 3.84. The lowest BCUT2D eigenvalue weighted by atomic mass is 10.1. The number of carbonyl (C=O) groups excluding carboxylic acids is 1. The van der Waals surface area contributed by atoms with Crippen LogP contribution in [0.4, 0.5) is 17.1 Å². The molecule has 8 nitrogen and oxygen atoms in total. The lowest BCUT2D eigenvalue weighted by Gasteiger charge is -2.26. The number of rotatable bonds is 8. The third-order valence-electron chi connectivity index (χ3n) is 5.52. The molecule has 0 spiro atoms. The van der Waals surface area contributed by atoms with E-state index in [2.05, 4.69) is 5.32 Å². The highest BCUT2D eigenvalue weighted by Gasteiger charge is 2.28. The van der Waals surface area contributed by atoms with Crippen LogP contribution in [0.25, 0.3) is 0 Å². The molecule has 0 fully saturated rings. The van der Waals surface area contributed by atoms with Gasteiger partial charge in [0.15, 0.2) is 0 Å². The zero-order chi connectivity index (χ0) is 26.0. The van der Waals surface area contributed by atoms with E-state index in [9.17, 15) is 21.6 Å². The topological polar surface area (TPSA) is 104 Å². The van der Waals surface area contributed by atoms with Gasteiger partial charge in [-0.05, 0) is 68.3 Å². The molecule has 0 saturated heterocycles. The first-order valence-electron chi connectivity index (χ1n) is 10.8. The fraction of sp³-hybridized carbons (Fsp3) is 0.240. The van der Waals surface area contributed by atoms with Crippen LogP contribution < -0.4 is 13.9 Å². The molecule has 3 aromatic carbocycles. The normalized spacial score (nSPS) is 11.7. The highest BCUT2D eigenvalue weighted by Crippen LogP contribution is 2.28. The summed E-state index contributed by atoms with van der Waals surface area (Å²) < 4.78 is 53.1. The summed E-state index contributed by atoms with van der Waals surface area (Å²) in [6.45, 7) is 5.03. The van der Waals surface area contributed by atoms with Crippen molar-refractivity contribution in [2.45, 2.75) is 25.7 Å². The number of benzene rings is 3. The van der Waals surface area contributed by atoms with Gasteiger partial charge in [-0.15, -0.1) is 0 Å². The molecule has 0 atom stereocenters. The smallest absolute Gasteiger partial charge is 0.264 e. The highest BCUT2D eigenvalue weighted by molar-refractivity contribution is 7.93. The van der Waals surface area contributed by atoms with Crippen molar-refractivity contribution in [2.75, 3.05) is 33.8 Å². The van der Waals surface area contributed by atoms with Crippen LogP contribution in [0, 0.1) is 20.8 Å². The molecule has 0 saturated carbocycles. The first kappa shape index (κ1) is 26.2. The molecule has 3 aromatic rings. The van der Waals surface area contributed by atoms with Gasteiger partial charge in [0.2, 0.25) is 15.9 Å². The first-order chi connectivity index (χ1) is 16.3. The van der Waals surface area contributed by atoms with E-state index in [1.54, 1.807) is 43.3 Å². The van der Waals surface area contributed by atoms with E-state index < -0.39 is 32.5 Å². The standard InChI is InChI=1S/C25H29N3O5S2/c1-18-10-13-23(14-11-18)35(32,33)28(24-15-19(2)9-12-20(24)3)17-25(29)26-21-7-6-8-22(16-21)27(4)34(5,30)31/h6-16H,17H2,1-5H3,(H,26,29). The van der Waals surface area contributed by atoms with E-state index in [4.69, 9.17) is 0 Å². The molecule has 0 radical (unpaired) electrons. The molecule has 0 aromatic heterocycles. The number of hydrogen-bond donors (Lipinski definition) is 1. The van der Waals surface area contributed by atoms with Gasteiger partial charge < -0.3 is 5.32 Å². The molecule has 0 aliphatic carbocycles. The largest absolute Gasteiger partial charge is 0.324 e. The summed E-state index contributed by atoms with van der Waals surface area (Å²) in [5.74, 6) is -0.569. The highest BCUT2D eigenvalue weighted by atomic mass is 32.2. The van der Waals surface area contributed by atoms with Gasteiger partial charge in [0.1, 0.15) is 6.54 Å². The van der Waals surface area contributed by atoms with E-state index >= 15 is 0 Å². The molecule has 10 heteroatoms. The van der Waals surface area contributed by atoms with Crippen LogP contribution in [0.5, 0.6) is 0 Å². The number of sulfonamides is 2. The van der Waals surface area contributed by atoms with Gasteiger partial charge in [-0.25, -0.2) is 16.8 Å². The predicted molar refractivity (Wildman–Crippen MR) is 140 cm³/mol. The SMILES string of the molecule is Cc1ccc(S(=O)(=O)N(CC(=O)Nc2cccc(N(C)S(C)(=O)=O)c2)c2cc(C)ccc2C)cc1. The van der Waals surface area contributed by atoms with Crippen molar-refractivity contribution in [3.05, 3.63) is 83.4 Å². The van der Waals surface area contributed by atoms with E-state index in [-0.39, 0.29) is 4.90 Å². The molecule has 3 rings (SSSR count). The Morgan fingerprint density at radius 3 is 2.11 bits per heavy atom. The van der Waals surface area contributed by atoms with E-state index in [0.717, 1.165) is 26.0 Å². The molecule has 35 heavy (non-hydrogen) atoms. The minimum absolute atomic E-state index is 0.0774. The first-order valence-corrected chi connectivity index (χ1v) is 14.1. The van der Waals surface area contributed by atoms with Gasteiger partial charge in [0, 0.05) is 12.7 Å². The maximum atomic E-state index is 13.6. The van der Waals surface area contributed by atoms with Crippen LogP contribution in [0.2, 0.25) is 0 Å². The molecular formula is C25H29N3O5S2. The van der Waals surface area contributed by atoms with Crippen molar-refractivity contribution in [1.29, 1.82) is 0 Å². The average molecular weight is 516 g/mol. The second kappa shape index (κ2) is 10.1. The van der Waals surface area contributed by atoms with Crippen LogP contribution >= 0.6 is 0 Å². The Balaban J connectivity index is 1.96. The Morgan fingerprint density at radius 1 is 0.857 bits per heavy atom. The van der Waals surface area contributed by atoms with Gasteiger partial charge in [-0.1, -0.05) is 35.9 Å². The van der Waals surface area contributed by atoms with Crippen LogP contribution in [-0.4, -0.2) is 42.6 Å². The number of anilines is 3. The van der Waals surface area contributed by atoms with Crippen LogP contribution in [-0.2, 0) is 24.8 Å². The monoisotopic (exact) mass is 515 g/mol. The Bertz CT molecular complexity index is 1450. The maximum absolute atomic E-state index is 13.6. The lowest BCUT2D eigenvalue weighted by molar-refractivity contribution is -0.114. The molecule has 0 unspecified atom stereocenters. The van der Waals surface area contributed by atoms with Gasteiger partial charge in [0.25, 0.3) is 10.0 Å². The van der Waals surface area contributed by atoms with Gasteiger partial charge in [0.05, 0.1) is 22.5 Å². The van der Waals surface area contributed by atoms with Crippen molar-refractivity contribution < 1.29 is 21.6 Å². The number of nitrogens with one attached hydrogen (secondary N) is 1. The Hall–Kier alpha value is -3.37. The minimum Gasteiger partial charge on any atom is -0.324 e. The van der Waals surface area contributed by atoms with Crippen molar-refractivity contribution in [3.63, 3.8) is 0 Å². The Morgan fingerprint density at radius 2 is 1.49 bits per heavy atom. The zero-order valence-corrected chi connectivity index (χ0v) is 21.9. The summed E-state index contributed by atoms with van der Waals surface area (Å²) in [5, 5.41) is 2.69. The maximum Gasteiger partial charge on any atom is 0.264 e. The molecule has 0 bridgehead atoms. The number of carbonyl (C=O) groups is 1. The third-order valence-corrected chi connectivity index (χ3v) is 8.50. The van der Waals surface area contributed by atoms with Crippen LogP contribution in [0.15, 0.2) is 71.6 Å². The van der Waals surface area contributed by atoms with Gasteiger partial charge >= 0.3 is 0 Å². The molecule has 1 N–H and O–H groups in total. The van der Waals surface area contributed by atoms with Crippen molar-refractivity contribution >= 4 is 43.0 Å². The molecule has 0 heterocycles. The van der Waals surface area contributed by atoms with E-state index in [0.29, 0.717) is 22.6 Å². The van der Waals surface area contributed by atoms with E-state index in [1.165, 1.54) is 25.2 Å². The molecule has 1 amide bonds. The third kappa shape index (κ3) is 6.20.